The molecule has 11 heteroatoms. The quantitative estimate of drug-likeness (QED) is 0.400. The highest BCUT2D eigenvalue weighted by Crippen LogP contribution is 2.45. The van der Waals surface area contributed by atoms with Crippen LogP contribution in [0.4, 0.5) is 10.1 Å². The van der Waals surface area contributed by atoms with Gasteiger partial charge in [-0.3, -0.25) is 4.79 Å². The molecule has 3 aliphatic rings. The maximum absolute atomic E-state index is 13.9. The van der Waals surface area contributed by atoms with Gasteiger partial charge in [-0.25, -0.2) is 17.8 Å². The zero-order valence-corrected chi connectivity index (χ0v) is 24.0. The van der Waals surface area contributed by atoms with E-state index >= 15 is 0 Å². The van der Waals surface area contributed by atoms with Crippen molar-refractivity contribution in [2.45, 2.75) is 50.0 Å². The highest BCUT2D eigenvalue weighted by atomic mass is 35.5. The summed E-state index contributed by atoms with van der Waals surface area (Å²) in [5.41, 5.74) is 2.06. The lowest BCUT2D eigenvalue weighted by atomic mass is 9.76. The van der Waals surface area contributed by atoms with E-state index in [9.17, 15) is 22.9 Å². The minimum atomic E-state index is -2.99. The second-order valence-corrected chi connectivity index (χ2v) is 13.9. The number of nitrogens with zero attached hydrogens (tertiary/aromatic N) is 3. The lowest BCUT2D eigenvalue weighted by Crippen LogP contribution is -2.42. The van der Waals surface area contributed by atoms with E-state index in [0.29, 0.717) is 49.4 Å². The Labute approximate surface area is 243 Å². The molecule has 214 valence electrons. The van der Waals surface area contributed by atoms with Crippen LogP contribution in [-0.2, 0) is 14.6 Å². The number of anilines is 1. The third-order valence-electron chi connectivity index (χ3n) is 8.44. The normalized spacial score (nSPS) is 23.0. The topological polar surface area (TPSA) is 116 Å². The van der Waals surface area contributed by atoms with Crippen LogP contribution >= 0.6 is 11.6 Å². The molecular weight excluding hydrogens is 567 g/mol. The molecule has 0 radical (unpaired) electrons. The van der Waals surface area contributed by atoms with Gasteiger partial charge in [0.15, 0.2) is 9.84 Å². The number of nitriles is 1. The van der Waals surface area contributed by atoms with Gasteiger partial charge in [-0.2, -0.15) is 5.26 Å². The average molecular weight is 597 g/mol. The van der Waals surface area contributed by atoms with Crippen molar-refractivity contribution < 1.29 is 22.0 Å². The zero-order chi connectivity index (χ0) is 28.8. The smallest absolute Gasteiger partial charge is 0.226 e. The Morgan fingerprint density at radius 2 is 1.78 bits per heavy atom. The van der Waals surface area contributed by atoms with Crippen LogP contribution < -0.4 is 10.2 Å². The van der Waals surface area contributed by atoms with E-state index in [1.54, 1.807) is 6.07 Å². The molecule has 3 aromatic rings. The molecule has 2 heterocycles. The molecule has 8 nitrogen and oxygen atoms in total. The van der Waals surface area contributed by atoms with Crippen LogP contribution in [-0.4, -0.2) is 49.4 Å². The number of nitrogens with one attached hydrogen (secondary N) is 1. The summed E-state index contributed by atoms with van der Waals surface area (Å²) in [6, 6.07) is 14.3. The fourth-order valence-corrected chi connectivity index (χ4v) is 7.20. The SMILES string of the molecule is N#CC1(NC(=O)[C@@H]2CCCC[C@H]2c2oc(-c3ccc(F)c(Cl)c3)nc2-c2ccc(N3CCS(=O)(=O)CC3)cc2)CC1. The number of carbonyl (C=O) groups is 1. The maximum Gasteiger partial charge on any atom is 0.226 e. The molecule has 0 bridgehead atoms. The van der Waals surface area contributed by atoms with Crippen molar-refractivity contribution in [3.8, 4) is 28.8 Å². The lowest BCUT2D eigenvalue weighted by molar-refractivity contribution is -0.127. The van der Waals surface area contributed by atoms with Crippen molar-refractivity contribution in [3.63, 3.8) is 0 Å². The first kappa shape index (κ1) is 27.7. The van der Waals surface area contributed by atoms with Crippen LogP contribution in [0.25, 0.3) is 22.7 Å². The summed E-state index contributed by atoms with van der Waals surface area (Å²) in [5.74, 6) is -0.190. The summed E-state index contributed by atoms with van der Waals surface area (Å²) in [4.78, 5) is 20.3. The van der Waals surface area contributed by atoms with E-state index in [-0.39, 0.29) is 40.2 Å². The first-order valence-electron chi connectivity index (χ1n) is 13.9. The van der Waals surface area contributed by atoms with Gasteiger partial charge in [-0.15, -0.1) is 0 Å². The number of amides is 1. The highest BCUT2D eigenvalue weighted by Gasteiger charge is 2.47. The molecule has 6 rings (SSSR count). The van der Waals surface area contributed by atoms with Crippen molar-refractivity contribution in [3.05, 3.63) is 59.1 Å². The molecule has 3 fully saturated rings. The van der Waals surface area contributed by atoms with Gasteiger partial charge in [0, 0.05) is 41.7 Å². The minimum absolute atomic E-state index is 0.0437. The minimum Gasteiger partial charge on any atom is -0.440 e. The van der Waals surface area contributed by atoms with Crippen molar-refractivity contribution in [2.75, 3.05) is 29.5 Å². The molecule has 0 unspecified atom stereocenters. The average Bonchev–Trinajstić information content (AvgIpc) is 3.61. The predicted octanol–water partition coefficient (Wildman–Crippen LogP) is 5.48. The summed E-state index contributed by atoms with van der Waals surface area (Å²) in [6.07, 6.45) is 4.54. The van der Waals surface area contributed by atoms with E-state index < -0.39 is 21.2 Å². The number of rotatable bonds is 6. The lowest BCUT2D eigenvalue weighted by Gasteiger charge is -2.30. The van der Waals surface area contributed by atoms with Crippen molar-refractivity contribution in [1.29, 1.82) is 5.26 Å². The molecule has 2 saturated carbocycles. The number of aromatic nitrogens is 1. The fraction of sp³-hybridized carbons (Fsp3) is 0.433. The molecule has 2 aliphatic carbocycles. The summed E-state index contributed by atoms with van der Waals surface area (Å²) in [7, 11) is -2.99. The van der Waals surface area contributed by atoms with E-state index in [4.69, 9.17) is 21.0 Å². The second-order valence-electron chi connectivity index (χ2n) is 11.2. The second kappa shape index (κ2) is 10.8. The molecule has 41 heavy (non-hydrogen) atoms. The number of hydrogen-bond donors (Lipinski definition) is 1. The van der Waals surface area contributed by atoms with Crippen molar-refractivity contribution in [2.24, 2.45) is 5.92 Å². The number of carbonyl (C=O) groups excluding carboxylic acids is 1. The highest BCUT2D eigenvalue weighted by molar-refractivity contribution is 7.91. The number of hydrogen-bond acceptors (Lipinski definition) is 7. The number of halogens is 2. The first-order valence-corrected chi connectivity index (χ1v) is 16.1. The standard InChI is InChI=1S/C30H30ClFN4O4S/c31-24-17-20(7-10-25(24)32)29-34-26(19-5-8-21(9-6-19)36-13-15-41(38,39)16-14-36)27(40-29)22-3-1-2-4-23(22)28(37)35-30(18-33)11-12-30/h5-10,17,22-23H,1-4,11-16H2,(H,35,37)/t22-,23-/m1/s1. The molecule has 1 aliphatic heterocycles. The Hall–Kier alpha value is -3.42. The van der Waals surface area contributed by atoms with Gasteiger partial charge < -0.3 is 14.6 Å². The predicted molar refractivity (Wildman–Crippen MR) is 154 cm³/mol. The molecule has 2 aromatic carbocycles. The van der Waals surface area contributed by atoms with Crippen LogP contribution in [0.5, 0.6) is 0 Å². The first-order chi connectivity index (χ1) is 19.7. The Bertz CT molecular complexity index is 1610. The van der Waals surface area contributed by atoms with E-state index in [1.165, 1.54) is 12.1 Å². The Kier molecular flexibility index (Phi) is 7.28. The molecule has 1 aromatic heterocycles. The third kappa shape index (κ3) is 5.70. The van der Waals surface area contributed by atoms with Gasteiger partial charge in [-0.1, -0.05) is 36.6 Å². The molecule has 1 amide bonds. The Balaban J connectivity index is 1.36. The monoisotopic (exact) mass is 596 g/mol. The van der Waals surface area contributed by atoms with Crippen molar-refractivity contribution in [1.82, 2.24) is 10.3 Å². The maximum atomic E-state index is 13.9. The molecular formula is C30H30ClFN4O4S. The van der Waals surface area contributed by atoms with E-state index in [1.807, 2.05) is 29.2 Å². The number of benzene rings is 2. The Morgan fingerprint density at radius 1 is 1.10 bits per heavy atom. The van der Waals surface area contributed by atoms with Crippen LogP contribution in [0.2, 0.25) is 5.02 Å². The Morgan fingerprint density at radius 3 is 2.44 bits per heavy atom. The van der Waals surface area contributed by atoms with Gasteiger partial charge in [-0.05, 0) is 56.0 Å². The van der Waals surface area contributed by atoms with Gasteiger partial charge in [0.2, 0.25) is 11.8 Å². The summed E-state index contributed by atoms with van der Waals surface area (Å²) in [6.45, 7) is 0.880. The summed E-state index contributed by atoms with van der Waals surface area (Å²) in [5, 5.41) is 12.5. The summed E-state index contributed by atoms with van der Waals surface area (Å²) < 4.78 is 44.0. The number of sulfone groups is 1. The van der Waals surface area contributed by atoms with Crippen LogP contribution in [0.15, 0.2) is 46.9 Å². The van der Waals surface area contributed by atoms with Gasteiger partial charge in [0.05, 0.1) is 22.6 Å². The molecule has 1 N–H and O–H groups in total. The van der Waals surface area contributed by atoms with Crippen LogP contribution in [0.1, 0.15) is 50.2 Å². The third-order valence-corrected chi connectivity index (χ3v) is 10.3. The molecule has 2 atom stereocenters. The van der Waals surface area contributed by atoms with Gasteiger partial charge in [0.1, 0.15) is 22.8 Å². The summed E-state index contributed by atoms with van der Waals surface area (Å²) >= 11 is 6.06. The van der Waals surface area contributed by atoms with Crippen LogP contribution in [0.3, 0.4) is 0 Å². The molecule has 0 spiro atoms. The zero-order valence-electron chi connectivity index (χ0n) is 22.4. The number of oxazole rings is 1. The van der Waals surface area contributed by atoms with E-state index in [0.717, 1.165) is 30.5 Å². The van der Waals surface area contributed by atoms with E-state index in [2.05, 4.69) is 11.4 Å². The van der Waals surface area contributed by atoms with Crippen LogP contribution in [0, 0.1) is 23.1 Å². The molecule has 1 saturated heterocycles. The van der Waals surface area contributed by atoms with Crippen molar-refractivity contribution >= 4 is 33.0 Å². The van der Waals surface area contributed by atoms with Gasteiger partial charge in [0.25, 0.3) is 0 Å². The van der Waals surface area contributed by atoms with Gasteiger partial charge >= 0.3 is 0 Å². The fourth-order valence-electron chi connectivity index (χ4n) is 5.82. The largest absolute Gasteiger partial charge is 0.440 e.